The highest BCUT2D eigenvalue weighted by Gasteiger charge is 2.19. The average molecular weight is 256 g/mol. The third kappa shape index (κ3) is 5.80. The van der Waals surface area contributed by atoms with Gasteiger partial charge in [-0.3, -0.25) is 4.79 Å². The lowest BCUT2D eigenvalue weighted by Crippen LogP contribution is -2.48. The minimum atomic E-state index is -0.195. The smallest absolute Gasteiger partial charge is 0.221 e. The van der Waals surface area contributed by atoms with Crippen molar-refractivity contribution in [3.05, 3.63) is 0 Å². The number of primary amides is 1. The van der Waals surface area contributed by atoms with E-state index in [0.29, 0.717) is 0 Å². The van der Waals surface area contributed by atoms with Gasteiger partial charge in [-0.15, -0.1) is 0 Å². The highest BCUT2D eigenvalue weighted by Crippen LogP contribution is 2.07. The Morgan fingerprint density at radius 3 is 2.28 bits per heavy atom. The molecule has 5 heteroatoms. The van der Waals surface area contributed by atoms with Crippen molar-refractivity contribution in [2.24, 2.45) is 17.4 Å². The zero-order valence-corrected chi connectivity index (χ0v) is 11.6. The van der Waals surface area contributed by atoms with E-state index in [1.54, 1.807) is 0 Å². The molecule has 0 radical (unpaired) electrons. The van der Waals surface area contributed by atoms with Crippen LogP contribution in [0.25, 0.3) is 0 Å². The molecule has 0 aromatic carbocycles. The van der Waals surface area contributed by atoms with Crippen molar-refractivity contribution in [1.82, 2.24) is 9.80 Å². The van der Waals surface area contributed by atoms with Crippen molar-refractivity contribution in [2.75, 3.05) is 45.8 Å². The highest BCUT2D eigenvalue weighted by molar-refractivity contribution is 5.76. The SMILES string of the molecule is CC(CN1CCN(CCCCCN)CC1)C(N)=O. The molecule has 0 aromatic heterocycles. The summed E-state index contributed by atoms with van der Waals surface area (Å²) in [5.74, 6) is -0.236. The van der Waals surface area contributed by atoms with Crippen molar-refractivity contribution in [3.8, 4) is 0 Å². The van der Waals surface area contributed by atoms with Gasteiger partial charge in [0.15, 0.2) is 0 Å². The molecular formula is C13H28N4O. The summed E-state index contributed by atoms with van der Waals surface area (Å²) in [6.45, 7) is 9.00. The van der Waals surface area contributed by atoms with Crippen LogP contribution in [-0.4, -0.2) is 61.5 Å². The second-order valence-corrected chi connectivity index (χ2v) is 5.30. The predicted molar refractivity (Wildman–Crippen MR) is 74.1 cm³/mol. The lowest BCUT2D eigenvalue weighted by atomic mass is 10.1. The van der Waals surface area contributed by atoms with Gasteiger partial charge in [0.2, 0.25) is 5.91 Å². The van der Waals surface area contributed by atoms with Crippen LogP contribution in [0, 0.1) is 5.92 Å². The molecule has 106 valence electrons. The first kappa shape index (κ1) is 15.4. The molecule has 1 fully saturated rings. The van der Waals surface area contributed by atoms with E-state index in [-0.39, 0.29) is 11.8 Å². The van der Waals surface area contributed by atoms with E-state index < -0.39 is 0 Å². The van der Waals surface area contributed by atoms with Crippen molar-refractivity contribution < 1.29 is 4.79 Å². The molecule has 0 saturated carbocycles. The molecule has 1 atom stereocenters. The average Bonchev–Trinajstić information content (AvgIpc) is 2.36. The summed E-state index contributed by atoms with van der Waals surface area (Å²) in [5.41, 5.74) is 10.8. The van der Waals surface area contributed by atoms with Gasteiger partial charge in [0.05, 0.1) is 0 Å². The molecule has 1 rings (SSSR count). The van der Waals surface area contributed by atoms with Gasteiger partial charge < -0.3 is 21.3 Å². The molecule has 1 amide bonds. The summed E-state index contributed by atoms with van der Waals surface area (Å²) < 4.78 is 0. The van der Waals surface area contributed by atoms with E-state index in [2.05, 4.69) is 9.80 Å². The molecule has 5 nitrogen and oxygen atoms in total. The summed E-state index contributed by atoms with van der Waals surface area (Å²) >= 11 is 0. The number of hydrogen-bond donors (Lipinski definition) is 2. The normalized spacial score (nSPS) is 19.9. The Morgan fingerprint density at radius 1 is 1.11 bits per heavy atom. The Morgan fingerprint density at radius 2 is 1.72 bits per heavy atom. The van der Waals surface area contributed by atoms with E-state index in [4.69, 9.17) is 11.5 Å². The van der Waals surface area contributed by atoms with E-state index in [0.717, 1.165) is 45.7 Å². The molecule has 1 heterocycles. The Bertz CT molecular complexity index is 239. The van der Waals surface area contributed by atoms with Gasteiger partial charge in [0, 0.05) is 38.6 Å². The second-order valence-electron chi connectivity index (χ2n) is 5.30. The molecular weight excluding hydrogens is 228 g/mol. The first-order valence-electron chi connectivity index (χ1n) is 7.07. The zero-order valence-electron chi connectivity index (χ0n) is 11.6. The molecule has 0 aromatic rings. The number of unbranched alkanes of at least 4 members (excludes halogenated alkanes) is 2. The Hall–Kier alpha value is -0.650. The zero-order chi connectivity index (χ0) is 13.4. The largest absolute Gasteiger partial charge is 0.369 e. The number of carbonyl (C=O) groups excluding carboxylic acids is 1. The lowest BCUT2D eigenvalue weighted by Gasteiger charge is -2.35. The predicted octanol–water partition coefficient (Wildman–Crippen LogP) is -0.146. The summed E-state index contributed by atoms with van der Waals surface area (Å²) in [7, 11) is 0. The molecule has 1 saturated heterocycles. The number of amides is 1. The minimum absolute atomic E-state index is 0.0406. The molecule has 0 spiro atoms. The van der Waals surface area contributed by atoms with Crippen LogP contribution in [-0.2, 0) is 4.79 Å². The van der Waals surface area contributed by atoms with E-state index >= 15 is 0 Å². The van der Waals surface area contributed by atoms with E-state index in [1.807, 2.05) is 6.92 Å². The first-order chi connectivity index (χ1) is 8.63. The van der Waals surface area contributed by atoms with Crippen LogP contribution >= 0.6 is 0 Å². The van der Waals surface area contributed by atoms with Gasteiger partial charge in [-0.2, -0.15) is 0 Å². The maximum atomic E-state index is 11.0. The van der Waals surface area contributed by atoms with Crippen LogP contribution < -0.4 is 11.5 Å². The van der Waals surface area contributed by atoms with Crippen LogP contribution in [0.1, 0.15) is 26.2 Å². The summed E-state index contributed by atoms with van der Waals surface area (Å²) in [6.07, 6.45) is 3.61. The van der Waals surface area contributed by atoms with E-state index in [1.165, 1.54) is 19.4 Å². The molecule has 4 N–H and O–H groups in total. The van der Waals surface area contributed by atoms with Crippen molar-refractivity contribution in [3.63, 3.8) is 0 Å². The van der Waals surface area contributed by atoms with Crippen molar-refractivity contribution in [1.29, 1.82) is 0 Å². The van der Waals surface area contributed by atoms with Gasteiger partial charge >= 0.3 is 0 Å². The highest BCUT2D eigenvalue weighted by atomic mass is 16.1. The van der Waals surface area contributed by atoms with Crippen LogP contribution in [0.2, 0.25) is 0 Å². The lowest BCUT2D eigenvalue weighted by molar-refractivity contribution is -0.122. The van der Waals surface area contributed by atoms with Crippen molar-refractivity contribution in [2.45, 2.75) is 26.2 Å². The molecule has 0 aliphatic carbocycles. The number of hydrogen-bond acceptors (Lipinski definition) is 4. The topological polar surface area (TPSA) is 75.6 Å². The summed E-state index contributed by atoms with van der Waals surface area (Å²) in [6, 6.07) is 0. The summed E-state index contributed by atoms with van der Waals surface area (Å²) in [4.78, 5) is 15.9. The standard InChI is InChI=1S/C13H28N4O/c1-12(13(15)18)11-17-9-7-16(8-10-17)6-4-2-3-5-14/h12H,2-11,14H2,1H3,(H2,15,18). The first-order valence-corrected chi connectivity index (χ1v) is 7.07. The van der Waals surface area contributed by atoms with Crippen LogP contribution in [0.15, 0.2) is 0 Å². The molecule has 1 aliphatic heterocycles. The van der Waals surface area contributed by atoms with E-state index in [9.17, 15) is 4.79 Å². The van der Waals surface area contributed by atoms with Gasteiger partial charge in [-0.1, -0.05) is 13.3 Å². The van der Waals surface area contributed by atoms with Crippen molar-refractivity contribution >= 4 is 5.91 Å². The van der Waals surface area contributed by atoms with Gasteiger partial charge in [-0.05, 0) is 25.9 Å². The number of rotatable bonds is 8. The quantitative estimate of drug-likeness (QED) is 0.592. The third-order valence-electron chi connectivity index (χ3n) is 3.66. The Balaban J connectivity index is 2.11. The van der Waals surface area contributed by atoms with Gasteiger partial charge in [0.1, 0.15) is 0 Å². The fourth-order valence-corrected chi connectivity index (χ4v) is 2.33. The number of nitrogens with two attached hydrogens (primary N) is 2. The summed E-state index contributed by atoms with van der Waals surface area (Å²) in [5, 5.41) is 0. The van der Waals surface area contributed by atoms with Crippen LogP contribution in [0.4, 0.5) is 0 Å². The Labute approximate surface area is 110 Å². The molecule has 18 heavy (non-hydrogen) atoms. The van der Waals surface area contributed by atoms with Gasteiger partial charge in [-0.25, -0.2) is 0 Å². The minimum Gasteiger partial charge on any atom is -0.369 e. The molecule has 1 aliphatic rings. The maximum Gasteiger partial charge on any atom is 0.221 e. The maximum absolute atomic E-state index is 11.0. The van der Waals surface area contributed by atoms with Crippen LogP contribution in [0.5, 0.6) is 0 Å². The van der Waals surface area contributed by atoms with Gasteiger partial charge in [0.25, 0.3) is 0 Å². The van der Waals surface area contributed by atoms with Crippen LogP contribution in [0.3, 0.4) is 0 Å². The molecule has 0 bridgehead atoms. The third-order valence-corrected chi connectivity index (χ3v) is 3.66. The Kier molecular flexibility index (Phi) is 7.23. The molecule has 1 unspecified atom stereocenters. The fraction of sp³-hybridized carbons (Fsp3) is 0.923. The number of piperazine rings is 1. The fourth-order valence-electron chi connectivity index (χ4n) is 2.33. The number of carbonyl (C=O) groups is 1. The number of nitrogens with zero attached hydrogens (tertiary/aromatic N) is 2. The second kappa shape index (κ2) is 8.45. The monoisotopic (exact) mass is 256 g/mol.